The van der Waals surface area contributed by atoms with Crippen molar-refractivity contribution in [3.63, 3.8) is 0 Å². The van der Waals surface area contributed by atoms with Crippen molar-refractivity contribution in [1.29, 1.82) is 0 Å². The average molecular weight is 423 g/mol. The maximum Gasteiger partial charge on any atom is 0.358 e. The normalized spacial score (nSPS) is 10.8. The van der Waals surface area contributed by atoms with Gasteiger partial charge in [-0.3, -0.25) is 0 Å². The van der Waals surface area contributed by atoms with Crippen LogP contribution in [0.2, 0.25) is 0 Å². The molecule has 7 nitrogen and oxygen atoms in total. The molecule has 8 heteroatoms. The molecule has 152 valence electrons. The van der Waals surface area contributed by atoms with Crippen molar-refractivity contribution in [2.45, 2.75) is 20.1 Å². The van der Waals surface area contributed by atoms with Gasteiger partial charge in [0.25, 0.3) is 0 Å². The number of aryl methyl sites for hydroxylation is 1. The van der Waals surface area contributed by atoms with Gasteiger partial charge in [-0.2, -0.15) is 0 Å². The zero-order chi connectivity index (χ0) is 21.1. The summed E-state index contributed by atoms with van der Waals surface area (Å²) < 4.78 is 16.1. The van der Waals surface area contributed by atoms with Crippen LogP contribution in [-0.2, 0) is 18.0 Å². The number of phenols is 1. The van der Waals surface area contributed by atoms with E-state index in [1.807, 2.05) is 31.2 Å². The van der Waals surface area contributed by atoms with E-state index in [-0.39, 0.29) is 30.2 Å². The monoisotopic (exact) mass is 423 g/mol. The minimum absolute atomic E-state index is 0.0253. The molecule has 0 aliphatic carbocycles. The smallest absolute Gasteiger partial charge is 0.358 e. The topological polar surface area (TPSA) is 98.9 Å². The van der Waals surface area contributed by atoms with E-state index in [4.69, 9.17) is 13.9 Å². The summed E-state index contributed by atoms with van der Waals surface area (Å²) in [5, 5.41) is 12.4. The second-order valence-corrected chi connectivity index (χ2v) is 7.52. The summed E-state index contributed by atoms with van der Waals surface area (Å²) in [5.41, 5.74) is 1.42. The molecule has 0 bridgehead atoms. The van der Waals surface area contributed by atoms with Crippen molar-refractivity contribution in [2.75, 3.05) is 0 Å². The predicted octanol–water partition coefficient (Wildman–Crippen LogP) is 4.20. The van der Waals surface area contributed by atoms with Crippen molar-refractivity contribution >= 4 is 28.3 Å². The van der Waals surface area contributed by atoms with Gasteiger partial charge in [-0.1, -0.05) is 17.7 Å². The summed E-state index contributed by atoms with van der Waals surface area (Å²) in [6, 6.07) is 13.3. The first-order chi connectivity index (χ1) is 14.5. The van der Waals surface area contributed by atoms with Gasteiger partial charge in [0.2, 0.25) is 0 Å². The summed E-state index contributed by atoms with van der Waals surface area (Å²) in [4.78, 5) is 28.3. The second-order valence-electron chi connectivity index (χ2n) is 6.58. The van der Waals surface area contributed by atoms with Crippen LogP contribution in [-0.4, -0.2) is 16.1 Å². The average Bonchev–Trinajstić information content (AvgIpc) is 3.20. The highest BCUT2D eigenvalue weighted by molar-refractivity contribution is 7.09. The molecule has 2 heterocycles. The minimum atomic E-state index is -0.604. The van der Waals surface area contributed by atoms with Crippen LogP contribution >= 0.6 is 11.3 Å². The van der Waals surface area contributed by atoms with Gasteiger partial charge in [0.05, 0.1) is 0 Å². The van der Waals surface area contributed by atoms with Crippen molar-refractivity contribution in [1.82, 2.24) is 4.98 Å². The summed E-state index contributed by atoms with van der Waals surface area (Å²) in [6.45, 7) is 2.12. The Labute approximate surface area is 175 Å². The van der Waals surface area contributed by atoms with E-state index in [0.29, 0.717) is 16.0 Å². The number of nitrogens with zero attached hydrogens (tertiary/aromatic N) is 1. The van der Waals surface area contributed by atoms with Crippen LogP contribution in [0.4, 0.5) is 0 Å². The van der Waals surface area contributed by atoms with Crippen molar-refractivity contribution < 1.29 is 23.8 Å². The highest BCUT2D eigenvalue weighted by atomic mass is 32.1. The summed E-state index contributed by atoms with van der Waals surface area (Å²) >= 11 is 1.30. The van der Waals surface area contributed by atoms with E-state index < -0.39 is 11.6 Å². The Hall–Kier alpha value is -3.65. The number of phenolic OH excluding ortho intramolecular Hbond substituents is 1. The standard InChI is InChI=1S/C22H17NO6S/c1-13-2-5-16(6-3-13)27-11-20-23-18(12-30-20)22(26)28-10-14-8-21(25)29-19-9-15(24)4-7-17(14)19/h2-9,12,24H,10-11H2,1H3. The van der Waals surface area contributed by atoms with Gasteiger partial charge in [-0.25, -0.2) is 14.6 Å². The fraction of sp³-hybridized carbons (Fsp3) is 0.136. The molecule has 4 rings (SSSR count). The van der Waals surface area contributed by atoms with Gasteiger partial charge >= 0.3 is 11.6 Å². The number of thiazole rings is 1. The lowest BCUT2D eigenvalue weighted by atomic mass is 10.1. The van der Waals surface area contributed by atoms with E-state index in [1.54, 1.807) is 11.4 Å². The number of carbonyl (C=O) groups excluding carboxylic acids is 1. The largest absolute Gasteiger partial charge is 0.508 e. The molecular formula is C22H17NO6S. The van der Waals surface area contributed by atoms with Crippen LogP contribution in [0.1, 0.15) is 26.6 Å². The van der Waals surface area contributed by atoms with Crippen molar-refractivity contribution in [3.8, 4) is 11.5 Å². The SMILES string of the molecule is Cc1ccc(OCc2nc(C(=O)OCc3cc(=O)oc4cc(O)ccc34)cs2)cc1. The van der Waals surface area contributed by atoms with E-state index in [9.17, 15) is 14.7 Å². The number of rotatable bonds is 6. The van der Waals surface area contributed by atoms with Crippen LogP contribution in [0, 0.1) is 6.92 Å². The Morgan fingerprint density at radius 2 is 1.93 bits per heavy atom. The van der Waals surface area contributed by atoms with Crippen LogP contribution in [0.5, 0.6) is 11.5 Å². The zero-order valence-corrected chi connectivity index (χ0v) is 16.8. The fourth-order valence-electron chi connectivity index (χ4n) is 2.81. The molecule has 2 aromatic carbocycles. The highest BCUT2D eigenvalue weighted by Gasteiger charge is 2.15. The lowest BCUT2D eigenvalue weighted by molar-refractivity contribution is 0.0467. The Kier molecular flexibility index (Phi) is 5.49. The van der Waals surface area contributed by atoms with Gasteiger partial charge in [-0.15, -0.1) is 11.3 Å². The molecular weight excluding hydrogens is 406 g/mol. The van der Waals surface area contributed by atoms with Crippen LogP contribution in [0.3, 0.4) is 0 Å². The summed E-state index contributed by atoms with van der Waals surface area (Å²) in [6.07, 6.45) is 0. The molecule has 0 saturated heterocycles. The third-order valence-electron chi connectivity index (χ3n) is 4.32. The number of ether oxygens (including phenoxy) is 2. The Morgan fingerprint density at radius 3 is 2.73 bits per heavy atom. The minimum Gasteiger partial charge on any atom is -0.508 e. The molecule has 0 spiro atoms. The van der Waals surface area contributed by atoms with Crippen molar-refractivity contribution in [2.24, 2.45) is 0 Å². The van der Waals surface area contributed by atoms with E-state index in [0.717, 1.165) is 11.3 Å². The van der Waals surface area contributed by atoms with Crippen LogP contribution < -0.4 is 10.4 Å². The molecule has 0 amide bonds. The molecule has 30 heavy (non-hydrogen) atoms. The molecule has 1 N–H and O–H groups in total. The number of aromatic hydroxyl groups is 1. The molecule has 0 fully saturated rings. The first-order valence-corrected chi connectivity index (χ1v) is 9.92. The van der Waals surface area contributed by atoms with Crippen LogP contribution in [0.25, 0.3) is 11.0 Å². The Bertz CT molecular complexity index is 1260. The van der Waals surface area contributed by atoms with Gasteiger partial charge in [0, 0.05) is 28.5 Å². The zero-order valence-electron chi connectivity index (χ0n) is 16.0. The molecule has 0 saturated carbocycles. The summed E-state index contributed by atoms with van der Waals surface area (Å²) in [7, 11) is 0. The van der Waals surface area contributed by atoms with E-state index >= 15 is 0 Å². The number of carbonyl (C=O) groups is 1. The van der Waals surface area contributed by atoms with Gasteiger partial charge < -0.3 is 19.0 Å². The quantitative estimate of drug-likeness (QED) is 0.366. The molecule has 0 atom stereocenters. The number of aromatic nitrogens is 1. The number of hydrogen-bond donors (Lipinski definition) is 1. The maximum atomic E-state index is 12.4. The van der Waals surface area contributed by atoms with Crippen molar-refractivity contribution in [3.05, 3.63) is 86.2 Å². The number of fused-ring (bicyclic) bond motifs is 1. The Balaban J connectivity index is 1.41. The second kappa shape index (κ2) is 8.38. The lowest BCUT2D eigenvalue weighted by Crippen LogP contribution is -2.08. The molecule has 0 aliphatic rings. The first kappa shape index (κ1) is 19.7. The number of esters is 1. The molecule has 2 aromatic heterocycles. The third kappa shape index (κ3) is 4.49. The van der Waals surface area contributed by atoms with Gasteiger partial charge in [-0.05, 0) is 31.2 Å². The van der Waals surface area contributed by atoms with E-state index in [2.05, 4.69) is 4.98 Å². The Morgan fingerprint density at radius 1 is 1.13 bits per heavy atom. The predicted molar refractivity (Wildman–Crippen MR) is 111 cm³/mol. The third-order valence-corrected chi connectivity index (χ3v) is 5.14. The highest BCUT2D eigenvalue weighted by Crippen LogP contribution is 2.23. The first-order valence-electron chi connectivity index (χ1n) is 9.05. The number of hydrogen-bond acceptors (Lipinski definition) is 8. The summed E-state index contributed by atoms with van der Waals surface area (Å²) in [5.74, 6) is 0.0939. The molecule has 0 radical (unpaired) electrons. The number of benzene rings is 2. The van der Waals surface area contributed by atoms with Crippen LogP contribution in [0.15, 0.2) is 63.1 Å². The lowest BCUT2D eigenvalue weighted by Gasteiger charge is -2.06. The maximum absolute atomic E-state index is 12.4. The molecule has 0 aliphatic heterocycles. The van der Waals surface area contributed by atoms with E-state index in [1.165, 1.54) is 29.5 Å². The fourth-order valence-corrected chi connectivity index (χ4v) is 3.48. The molecule has 4 aromatic rings. The molecule has 0 unspecified atom stereocenters. The van der Waals surface area contributed by atoms with Gasteiger partial charge in [0.15, 0.2) is 5.69 Å². The van der Waals surface area contributed by atoms with Gasteiger partial charge in [0.1, 0.15) is 35.3 Å².